The molecule has 3 rings (SSSR count). The van der Waals surface area contributed by atoms with Crippen LogP contribution in [0.1, 0.15) is 18.1 Å². The van der Waals surface area contributed by atoms with Gasteiger partial charge in [-0.15, -0.1) is 0 Å². The Morgan fingerprint density at radius 2 is 1.79 bits per heavy atom. The lowest BCUT2D eigenvalue weighted by Crippen LogP contribution is -2.15. The first-order valence-electron chi connectivity index (χ1n) is 9.46. The Morgan fingerprint density at radius 3 is 2.42 bits per heavy atom. The maximum Gasteiger partial charge on any atom is 0.285 e. The summed E-state index contributed by atoms with van der Waals surface area (Å²) in [6.07, 6.45) is 1.34. The molecule has 0 saturated carbocycles. The Morgan fingerprint density at radius 1 is 1.09 bits per heavy atom. The van der Waals surface area contributed by atoms with Crippen LogP contribution < -0.4 is 16.2 Å². The first-order valence-corrected chi connectivity index (χ1v) is 11.0. The number of hydrogen-bond acceptors (Lipinski definition) is 6. The number of allylic oxidation sites excluding steroid dienone is 1. The van der Waals surface area contributed by atoms with Gasteiger partial charge < -0.3 is 16.3 Å². The first kappa shape index (κ1) is 23.6. The first-order chi connectivity index (χ1) is 15.6. The molecule has 0 aliphatic rings. The standard InChI is InChI=1S/C22H20FN5O4S/c1-13(14-5-4-6-15(11-14)21(24)28-30)20(23)22(29)27-19-10-9-16(12-26-19)17-7-2-3-8-18(17)33(25,31)32/h2-12,30H,1H3,(H2,24,28)(H2,25,31,32)(H,26,27,29)/b20-13+. The highest BCUT2D eigenvalue weighted by atomic mass is 32.2. The number of primary sulfonamides is 1. The summed E-state index contributed by atoms with van der Waals surface area (Å²) < 4.78 is 38.3. The van der Waals surface area contributed by atoms with Gasteiger partial charge in [-0.05, 0) is 42.3 Å². The number of nitrogens with zero attached hydrogens (tertiary/aromatic N) is 2. The lowest BCUT2D eigenvalue weighted by atomic mass is 10.0. The number of rotatable bonds is 6. The molecule has 1 aromatic heterocycles. The highest BCUT2D eigenvalue weighted by Crippen LogP contribution is 2.27. The smallest absolute Gasteiger partial charge is 0.285 e. The maximum atomic E-state index is 14.8. The van der Waals surface area contributed by atoms with Crippen LogP contribution in [0.2, 0.25) is 0 Å². The van der Waals surface area contributed by atoms with Crippen LogP contribution in [0, 0.1) is 0 Å². The quantitative estimate of drug-likeness (QED) is 0.143. The topological polar surface area (TPSA) is 161 Å². The number of hydrogen-bond donors (Lipinski definition) is 4. The molecule has 1 amide bonds. The van der Waals surface area contributed by atoms with Gasteiger partial charge in [0.15, 0.2) is 11.7 Å². The lowest BCUT2D eigenvalue weighted by Gasteiger charge is -2.10. The van der Waals surface area contributed by atoms with E-state index in [1.165, 1.54) is 37.4 Å². The second kappa shape index (κ2) is 9.59. The van der Waals surface area contributed by atoms with Gasteiger partial charge >= 0.3 is 0 Å². The third-order valence-electron chi connectivity index (χ3n) is 4.74. The molecule has 0 atom stereocenters. The van der Waals surface area contributed by atoms with Crippen LogP contribution in [0.5, 0.6) is 0 Å². The number of nitrogens with two attached hydrogens (primary N) is 2. The van der Waals surface area contributed by atoms with Gasteiger partial charge in [0.05, 0.1) is 4.90 Å². The molecule has 0 unspecified atom stereocenters. The van der Waals surface area contributed by atoms with E-state index in [0.29, 0.717) is 22.3 Å². The van der Waals surface area contributed by atoms with Gasteiger partial charge in [-0.2, -0.15) is 0 Å². The average molecular weight is 469 g/mol. The number of aromatic nitrogens is 1. The highest BCUT2D eigenvalue weighted by molar-refractivity contribution is 7.89. The Hall–Kier alpha value is -4.09. The number of amides is 1. The molecule has 0 saturated heterocycles. The van der Waals surface area contributed by atoms with E-state index in [0.717, 1.165) is 0 Å². The molecule has 0 fully saturated rings. The number of nitrogens with one attached hydrogen (secondary N) is 1. The number of halogens is 1. The van der Waals surface area contributed by atoms with Crippen molar-refractivity contribution in [2.75, 3.05) is 5.32 Å². The van der Waals surface area contributed by atoms with Crippen LogP contribution in [-0.4, -0.2) is 30.4 Å². The van der Waals surface area contributed by atoms with Crippen molar-refractivity contribution in [1.29, 1.82) is 0 Å². The van der Waals surface area contributed by atoms with E-state index in [-0.39, 0.29) is 22.1 Å². The summed E-state index contributed by atoms with van der Waals surface area (Å²) in [5.41, 5.74) is 7.12. The molecule has 0 radical (unpaired) electrons. The van der Waals surface area contributed by atoms with E-state index in [1.54, 1.807) is 36.4 Å². The van der Waals surface area contributed by atoms with Gasteiger partial charge in [0.1, 0.15) is 5.82 Å². The molecule has 0 aliphatic heterocycles. The fourth-order valence-electron chi connectivity index (χ4n) is 3.02. The number of anilines is 1. The molecule has 0 aliphatic carbocycles. The molecule has 0 spiro atoms. The van der Waals surface area contributed by atoms with Crippen molar-refractivity contribution < 1.29 is 22.8 Å². The van der Waals surface area contributed by atoms with Gasteiger partial charge in [0.25, 0.3) is 5.91 Å². The summed E-state index contributed by atoms with van der Waals surface area (Å²) in [5.74, 6) is -2.16. The minimum atomic E-state index is -3.95. The van der Waals surface area contributed by atoms with Gasteiger partial charge in [0, 0.05) is 22.9 Å². The summed E-state index contributed by atoms with van der Waals surface area (Å²) in [6, 6.07) is 15.3. The summed E-state index contributed by atoms with van der Waals surface area (Å²) in [7, 11) is -3.95. The van der Waals surface area contributed by atoms with Crippen LogP contribution >= 0.6 is 0 Å². The van der Waals surface area contributed by atoms with Gasteiger partial charge in [-0.3, -0.25) is 4.79 Å². The largest absolute Gasteiger partial charge is 0.409 e. The molecule has 6 N–H and O–H groups in total. The number of sulfonamides is 1. The van der Waals surface area contributed by atoms with Crippen molar-refractivity contribution in [3.63, 3.8) is 0 Å². The molecular formula is C22H20FN5O4S. The zero-order valence-corrected chi connectivity index (χ0v) is 18.2. The van der Waals surface area contributed by atoms with Crippen LogP contribution in [-0.2, 0) is 14.8 Å². The minimum absolute atomic E-state index is 0.0405. The number of oxime groups is 1. The van der Waals surface area contributed by atoms with E-state index < -0.39 is 21.8 Å². The number of amidine groups is 1. The Bertz CT molecular complexity index is 1370. The normalized spacial score (nSPS) is 12.8. The molecule has 3 aromatic rings. The van der Waals surface area contributed by atoms with Crippen LogP contribution in [0.15, 0.2) is 82.7 Å². The number of carbonyl (C=O) groups excluding carboxylic acids is 1. The fourth-order valence-corrected chi connectivity index (χ4v) is 3.78. The Kier molecular flexibility index (Phi) is 6.85. The van der Waals surface area contributed by atoms with Crippen LogP contribution in [0.4, 0.5) is 10.2 Å². The summed E-state index contributed by atoms with van der Waals surface area (Å²) in [4.78, 5) is 16.4. The van der Waals surface area contributed by atoms with E-state index in [2.05, 4.69) is 15.5 Å². The van der Waals surface area contributed by atoms with E-state index in [1.807, 2.05) is 0 Å². The zero-order valence-electron chi connectivity index (χ0n) is 17.4. The maximum absolute atomic E-state index is 14.8. The van der Waals surface area contributed by atoms with Crippen molar-refractivity contribution in [2.24, 2.45) is 16.0 Å². The molecule has 9 nitrogen and oxygen atoms in total. The Balaban J connectivity index is 1.83. The summed E-state index contributed by atoms with van der Waals surface area (Å²) in [6.45, 7) is 1.42. The summed E-state index contributed by atoms with van der Waals surface area (Å²) in [5, 5.41) is 19.3. The fraction of sp³-hybridized carbons (Fsp3) is 0.0455. The molecule has 33 heavy (non-hydrogen) atoms. The SMILES string of the molecule is C/C(=C(\F)C(=O)Nc1ccc(-c2ccccc2S(N)(=O)=O)cn1)c1cccc(/C(N)=N/O)c1. The second-order valence-corrected chi connectivity index (χ2v) is 8.46. The minimum Gasteiger partial charge on any atom is -0.409 e. The van der Waals surface area contributed by atoms with Crippen molar-refractivity contribution in [1.82, 2.24) is 4.98 Å². The lowest BCUT2D eigenvalue weighted by molar-refractivity contribution is -0.114. The van der Waals surface area contributed by atoms with Crippen LogP contribution in [0.25, 0.3) is 16.7 Å². The monoisotopic (exact) mass is 469 g/mol. The van der Waals surface area contributed by atoms with Crippen molar-refractivity contribution in [2.45, 2.75) is 11.8 Å². The average Bonchev–Trinajstić information content (AvgIpc) is 2.82. The summed E-state index contributed by atoms with van der Waals surface area (Å²) >= 11 is 0. The molecule has 170 valence electrons. The predicted molar refractivity (Wildman–Crippen MR) is 122 cm³/mol. The molecule has 11 heteroatoms. The van der Waals surface area contributed by atoms with Gasteiger partial charge in [-0.25, -0.2) is 22.9 Å². The van der Waals surface area contributed by atoms with Crippen molar-refractivity contribution >= 4 is 33.2 Å². The van der Waals surface area contributed by atoms with Crippen LogP contribution in [0.3, 0.4) is 0 Å². The van der Waals surface area contributed by atoms with E-state index in [4.69, 9.17) is 16.1 Å². The Labute approximate surface area is 189 Å². The predicted octanol–water partition coefficient (Wildman–Crippen LogP) is 2.83. The number of pyridine rings is 1. The number of carbonyl (C=O) groups is 1. The number of benzene rings is 2. The third-order valence-corrected chi connectivity index (χ3v) is 5.71. The van der Waals surface area contributed by atoms with Gasteiger partial charge in [-0.1, -0.05) is 41.6 Å². The van der Waals surface area contributed by atoms with E-state index >= 15 is 0 Å². The van der Waals surface area contributed by atoms with E-state index in [9.17, 15) is 17.6 Å². The third kappa shape index (κ3) is 5.40. The molecule has 2 aromatic carbocycles. The second-order valence-electron chi connectivity index (χ2n) is 6.93. The zero-order chi connectivity index (χ0) is 24.2. The molecule has 0 bridgehead atoms. The molecular weight excluding hydrogens is 449 g/mol. The van der Waals surface area contributed by atoms with Crippen molar-refractivity contribution in [3.05, 3.63) is 83.8 Å². The van der Waals surface area contributed by atoms with Crippen molar-refractivity contribution in [3.8, 4) is 11.1 Å². The van der Waals surface area contributed by atoms with Gasteiger partial charge in [0.2, 0.25) is 10.0 Å². The highest BCUT2D eigenvalue weighted by Gasteiger charge is 2.17. The molecule has 1 heterocycles.